The predicted molar refractivity (Wildman–Crippen MR) is 218 cm³/mol. The predicted octanol–water partition coefficient (Wildman–Crippen LogP) is 11.2. The zero-order chi connectivity index (χ0) is 40.5. The van der Waals surface area contributed by atoms with Gasteiger partial charge in [-0.05, 0) is 79.0 Å². The van der Waals surface area contributed by atoms with E-state index in [0.29, 0.717) is 25.2 Å². The summed E-state index contributed by atoms with van der Waals surface area (Å²) in [6.07, 6.45) is -4.72. The number of alkyl halides is 3. The van der Waals surface area contributed by atoms with Crippen molar-refractivity contribution in [3.8, 4) is 0 Å². The molecule has 2 atom stereocenters. The van der Waals surface area contributed by atoms with E-state index in [0.717, 1.165) is 6.16 Å². The number of nitrogens with zero attached hydrogens (tertiary/aromatic N) is 4. The summed E-state index contributed by atoms with van der Waals surface area (Å²) in [5, 5.41) is 0. The highest BCUT2D eigenvalue weighted by atomic mass is 31.2. The fraction of sp³-hybridized carbons (Fsp3) is 0.500. The van der Waals surface area contributed by atoms with Gasteiger partial charge in [0.05, 0.1) is 11.6 Å². The minimum atomic E-state index is -4.84. The Kier molecular flexibility index (Phi) is 20.0. The van der Waals surface area contributed by atoms with Gasteiger partial charge >= 0.3 is 6.18 Å². The molecule has 0 aromatic heterocycles. The number of rotatable bonds is 19. The van der Waals surface area contributed by atoms with Gasteiger partial charge in [0.25, 0.3) is 0 Å². The van der Waals surface area contributed by atoms with Crippen LogP contribution in [0.5, 0.6) is 0 Å². The summed E-state index contributed by atoms with van der Waals surface area (Å²) in [6.45, 7) is 33.3. The van der Waals surface area contributed by atoms with Gasteiger partial charge < -0.3 is 18.7 Å². The molecule has 3 aromatic rings. The van der Waals surface area contributed by atoms with Crippen LogP contribution in [-0.2, 0) is 19.3 Å². The minimum absolute atomic E-state index is 0.0380. The smallest absolute Gasteiger partial charge is 0.336 e. The molecule has 0 saturated carbocycles. The van der Waals surface area contributed by atoms with Crippen LogP contribution in [0.3, 0.4) is 0 Å². The summed E-state index contributed by atoms with van der Waals surface area (Å²) < 4.78 is 53.5. The van der Waals surface area contributed by atoms with Gasteiger partial charge in [-0.15, -0.1) is 0 Å². The number of Topliss-reactive ketones (excluding diaryl/α,β-unsaturated/α-hetero) is 1. The van der Waals surface area contributed by atoms with E-state index in [1.165, 1.54) is 22.3 Å². The van der Waals surface area contributed by atoms with Crippen molar-refractivity contribution in [3.63, 3.8) is 0 Å². The topological polar surface area (TPSA) is 50.7 Å². The van der Waals surface area contributed by atoms with Gasteiger partial charge in [-0.25, -0.2) is 13.1 Å². The van der Waals surface area contributed by atoms with Crippen LogP contribution in [0, 0.1) is 20.1 Å². The van der Waals surface area contributed by atoms with Gasteiger partial charge in [-0.2, -0.15) is 13.2 Å². The molecular weight excluding hydrogens is 727 g/mol. The Morgan fingerprint density at radius 1 is 0.648 bits per heavy atom. The molecule has 0 radical (unpaired) electrons. The van der Waals surface area contributed by atoms with Gasteiger partial charge in [0, 0.05) is 30.3 Å². The third kappa shape index (κ3) is 13.8. The number of benzene rings is 3. The van der Waals surface area contributed by atoms with Gasteiger partial charge in [0.1, 0.15) is 29.8 Å². The van der Waals surface area contributed by atoms with Crippen molar-refractivity contribution < 1.29 is 27.0 Å². The number of ketones is 1. The lowest BCUT2D eigenvalue weighted by Gasteiger charge is -2.44. The molecule has 0 saturated heterocycles. The third-order valence-electron chi connectivity index (χ3n) is 8.56. The molecule has 0 spiro atoms. The molecule has 0 N–H and O–H groups in total. The second-order valence-electron chi connectivity index (χ2n) is 14.0. The van der Waals surface area contributed by atoms with E-state index in [4.69, 9.17) is 22.2 Å². The molecule has 0 bridgehead atoms. The van der Waals surface area contributed by atoms with Crippen molar-refractivity contribution in [2.24, 2.45) is 0 Å². The molecular formula is C42H57F3N4O3P2. The zero-order valence-corrected chi connectivity index (χ0v) is 35.0. The minimum Gasteiger partial charge on any atom is -0.336 e. The van der Waals surface area contributed by atoms with Gasteiger partial charge in [0.2, 0.25) is 18.9 Å². The molecule has 0 heterocycles. The Morgan fingerprint density at radius 2 is 1.02 bits per heavy atom. The summed E-state index contributed by atoms with van der Waals surface area (Å²) in [5.74, 6) is -1.78. The Balaban J connectivity index is 0.000000432. The molecule has 0 aliphatic carbocycles. The fourth-order valence-electron chi connectivity index (χ4n) is 6.47. The van der Waals surface area contributed by atoms with Crippen molar-refractivity contribution in [1.29, 1.82) is 0 Å². The van der Waals surface area contributed by atoms with Crippen molar-refractivity contribution in [2.75, 3.05) is 38.6 Å². The molecule has 294 valence electrons. The first-order chi connectivity index (χ1) is 25.5. The summed E-state index contributed by atoms with van der Waals surface area (Å²) in [7, 11) is -2.69. The number of halogens is 3. The highest BCUT2D eigenvalue weighted by molar-refractivity contribution is 7.51. The van der Waals surface area contributed by atoms with Crippen LogP contribution in [0.4, 0.5) is 13.2 Å². The van der Waals surface area contributed by atoms with Crippen LogP contribution in [0.25, 0.3) is 9.69 Å². The molecule has 7 nitrogen and oxygen atoms in total. The van der Waals surface area contributed by atoms with Gasteiger partial charge in [-0.1, -0.05) is 90.5 Å². The lowest BCUT2D eigenvalue weighted by atomic mass is 9.71. The number of aryl methyl sites for hydroxylation is 1. The molecule has 0 aliphatic rings. The average Bonchev–Trinajstić information content (AvgIpc) is 3.11. The van der Waals surface area contributed by atoms with E-state index >= 15 is 0 Å². The summed E-state index contributed by atoms with van der Waals surface area (Å²) in [6, 6.07) is 31.2. The number of carbonyl (C=O) groups is 1. The Labute approximate surface area is 324 Å². The van der Waals surface area contributed by atoms with E-state index in [2.05, 4.69) is 134 Å². The standard InChI is InChI=1S/C30H37N2OP.C12H20F3N2O2P/c1-24(2)32(25(3)4)34(33-22-21-31-6)23-30(27-13-9-7-10-14-27,28-15-11-8-12-16-28)29-19-17-26(5)18-20-29;1-9(2)17(10(3)4)20(19-7-6-16-5)8-11(18)12(13,14)15/h7-20,24-25H,21-23H2,1-5H3;9-10H,6-8H2,1-4H3. The van der Waals surface area contributed by atoms with E-state index < -0.39 is 34.7 Å². The van der Waals surface area contributed by atoms with E-state index in [1.807, 2.05) is 27.7 Å². The molecule has 54 heavy (non-hydrogen) atoms. The number of hydrogen-bond acceptors (Lipinski definition) is 5. The van der Waals surface area contributed by atoms with Crippen LogP contribution in [0.2, 0.25) is 0 Å². The van der Waals surface area contributed by atoms with Crippen LogP contribution in [0.15, 0.2) is 84.9 Å². The van der Waals surface area contributed by atoms with E-state index in [-0.39, 0.29) is 30.7 Å². The SMILES string of the molecule is [C-]#[N+]CCOP(CC(=O)C(F)(F)F)N(C(C)C)C(C)C.[C-]#[N+]CCOP(CC(c1ccccc1)(c1ccccc1)c1ccc(C)cc1)N(C(C)C)C(C)C. The van der Waals surface area contributed by atoms with E-state index in [9.17, 15) is 18.0 Å². The third-order valence-corrected chi connectivity index (χ3v) is 13.7. The van der Waals surface area contributed by atoms with Crippen molar-refractivity contribution >= 4 is 22.4 Å². The van der Waals surface area contributed by atoms with Crippen LogP contribution in [0.1, 0.15) is 77.6 Å². The summed E-state index contributed by atoms with van der Waals surface area (Å²) >= 11 is 0. The maximum atomic E-state index is 12.4. The lowest BCUT2D eigenvalue weighted by Crippen LogP contribution is -2.40. The second-order valence-corrected chi connectivity index (χ2v) is 17.5. The first kappa shape index (κ1) is 47.0. The van der Waals surface area contributed by atoms with E-state index in [1.54, 1.807) is 4.67 Å². The number of hydrogen-bond donors (Lipinski definition) is 0. The van der Waals surface area contributed by atoms with Crippen molar-refractivity contribution in [1.82, 2.24) is 9.34 Å². The average molecular weight is 785 g/mol. The normalized spacial score (nSPS) is 13.2. The Morgan fingerprint density at radius 3 is 1.39 bits per heavy atom. The van der Waals surface area contributed by atoms with Crippen LogP contribution >= 0.6 is 16.6 Å². The highest BCUT2D eigenvalue weighted by Gasteiger charge is 2.43. The summed E-state index contributed by atoms with van der Waals surface area (Å²) in [5.41, 5.74) is 4.67. The van der Waals surface area contributed by atoms with Crippen molar-refractivity contribution in [3.05, 3.63) is 130 Å². The fourth-order valence-corrected chi connectivity index (χ4v) is 11.3. The number of carbonyl (C=O) groups excluding carboxylic acids is 1. The molecule has 12 heteroatoms. The van der Waals surface area contributed by atoms with Crippen LogP contribution in [-0.4, -0.2) is 84.1 Å². The van der Waals surface area contributed by atoms with Gasteiger partial charge in [0.15, 0.2) is 0 Å². The highest BCUT2D eigenvalue weighted by Crippen LogP contribution is 2.54. The quantitative estimate of drug-likeness (QED) is 0.0524. The lowest BCUT2D eigenvalue weighted by molar-refractivity contribution is -0.168. The van der Waals surface area contributed by atoms with Gasteiger partial charge in [-0.3, -0.25) is 14.1 Å². The molecule has 0 amide bonds. The maximum Gasteiger partial charge on any atom is 0.450 e. The Hall–Kier alpha value is -3.20. The largest absolute Gasteiger partial charge is 0.450 e. The monoisotopic (exact) mass is 784 g/mol. The second kappa shape index (κ2) is 23.0. The molecule has 2 unspecified atom stereocenters. The molecule has 0 aliphatic heterocycles. The van der Waals surface area contributed by atoms with Crippen molar-refractivity contribution in [2.45, 2.75) is 98.1 Å². The zero-order valence-electron chi connectivity index (χ0n) is 33.2. The van der Waals surface area contributed by atoms with Crippen LogP contribution < -0.4 is 0 Å². The molecule has 3 rings (SSSR count). The Bertz CT molecular complexity index is 1550. The maximum absolute atomic E-state index is 12.4. The first-order valence-corrected chi connectivity index (χ1v) is 21.1. The first-order valence-electron chi connectivity index (χ1n) is 18.3. The summed E-state index contributed by atoms with van der Waals surface area (Å²) in [4.78, 5) is 17.8. The molecule has 0 fully saturated rings. The molecule has 3 aromatic carbocycles.